The van der Waals surface area contributed by atoms with E-state index < -0.39 is 22.2 Å². The third-order valence-corrected chi connectivity index (χ3v) is 6.54. The second kappa shape index (κ2) is 12.8. The Morgan fingerprint density at radius 2 is 1.70 bits per heavy atom. The monoisotopic (exact) mass is 497 g/mol. The van der Waals surface area contributed by atoms with Crippen LogP contribution in [0, 0.1) is 5.92 Å². The van der Waals surface area contributed by atoms with E-state index in [1.807, 2.05) is 13.8 Å². The largest absolute Gasteiger partial charge is 0.497 e. The Morgan fingerprint density at radius 1 is 1.18 bits per heavy atom. The summed E-state index contributed by atoms with van der Waals surface area (Å²) in [5.41, 5.74) is 0. The number of rotatable bonds is 8. The summed E-state index contributed by atoms with van der Waals surface area (Å²) in [6.07, 6.45) is -4.38. The van der Waals surface area contributed by atoms with Crippen LogP contribution in [-0.2, 0) is 19.6 Å². The Balaban J connectivity index is 0.000000675. The number of piperazine rings is 1. The summed E-state index contributed by atoms with van der Waals surface area (Å²) in [5, 5.41) is 10.3. The number of nitrogens with zero attached hydrogens (tertiary/aromatic N) is 2. The van der Waals surface area contributed by atoms with Crippen LogP contribution in [-0.4, -0.2) is 87.2 Å². The highest BCUT2D eigenvalue weighted by molar-refractivity contribution is 7.89. The molecule has 13 heteroatoms. The minimum Gasteiger partial charge on any atom is -0.497 e. The Kier molecular flexibility index (Phi) is 11.1. The van der Waals surface area contributed by atoms with E-state index >= 15 is 0 Å². The summed E-state index contributed by atoms with van der Waals surface area (Å²) in [6, 6.07) is 6.27. The van der Waals surface area contributed by atoms with E-state index in [9.17, 15) is 26.4 Å². The Bertz CT molecular complexity index is 870. The van der Waals surface area contributed by atoms with Crippen LogP contribution in [0.3, 0.4) is 0 Å². The van der Waals surface area contributed by atoms with E-state index in [1.54, 1.807) is 17.0 Å². The number of sulfonamides is 1. The van der Waals surface area contributed by atoms with Gasteiger partial charge in [0.05, 0.1) is 18.6 Å². The normalized spacial score (nSPS) is 14.6. The number of aliphatic carboxylic acids is 1. The number of hydrogen-bond donors (Lipinski definition) is 2. The molecule has 2 N–H and O–H groups in total. The lowest BCUT2D eigenvalue weighted by atomic mass is 10.1. The van der Waals surface area contributed by atoms with Gasteiger partial charge in [-0.15, -0.1) is 0 Å². The molecule has 0 aliphatic carbocycles. The van der Waals surface area contributed by atoms with Crippen LogP contribution < -0.4 is 10.1 Å². The van der Waals surface area contributed by atoms with Crippen LogP contribution in [0.4, 0.5) is 13.2 Å². The zero-order valence-corrected chi connectivity index (χ0v) is 19.6. The van der Waals surface area contributed by atoms with Gasteiger partial charge in [0.1, 0.15) is 5.75 Å². The van der Waals surface area contributed by atoms with Crippen molar-refractivity contribution in [3.05, 3.63) is 24.3 Å². The molecule has 0 atom stereocenters. The average Bonchev–Trinajstić information content (AvgIpc) is 2.76. The standard InChI is InChI=1S/C18H29N3O4S.C2HF3O2/c1-15(2)8-11-21(14-18(22)20-12-9-19-10-13-20)26(23,24)17-6-4-16(25-3)5-7-17;3-2(4,5)1(6)7/h4-7,15,19H,8-14H2,1-3H3;(H,6,7). The van der Waals surface area contributed by atoms with Gasteiger partial charge in [-0.2, -0.15) is 17.5 Å². The van der Waals surface area contributed by atoms with Crippen molar-refractivity contribution in [2.75, 3.05) is 46.4 Å². The molecular formula is C20H30F3N3O6S. The van der Waals surface area contributed by atoms with Gasteiger partial charge in [-0.1, -0.05) is 13.8 Å². The average molecular weight is 498 g/mol. The molecule has 1 fully saturated rings. The number of nitrogens with one attached hydrogen (secondary N) is 1. The maximum atomic E-state index is 13.1. The molecule has 9 nitrogen and oxygen atoms in total. The number of methoxy groups -OCH3 is 1. The number of carbonyl (C=O) groups excluding carboxylic acids is 1. The summed E-state index contributed by atoms with van der Waals surface area (Å²) in [5.74, 6) is -1.97. The van der Waals surface area contributed by atoms with Gasteiger partial charge in [0.2, 0.25) is 15.9 Å². The van der Waals surface area contributed by atoms with E-state index in [0.717, 1.165) is 13.1 Å². The number of benzene rings is 1. The first kappa shape index (κ1) is 28.7. The van der Waals surface area contributed by atoms with Gasteiger partial charge >= 0.3 is 12.1 Å². The van der Waals surface area contributed by atoms with Gasteiger partial charge in [-0.25, -0.2) is 13.2 Å². The van der Waals surface area contributed by atoms with Crippen molar-refractivity contribution in [1.82, 2.24) is 14.5 Å². The summed E-state index contributed by atoms with van der Waals surface area (Å²) in [4.78, 5) is 23.4. The Labute approximate surface area is 191 Å². The van der Waals surface area contributed by atoms with E-state index in [4.69, 9.17) is 14.6 Å². The quantitative estimate of drug-likeness (QED) is 0.563. The molecule has 2 rings (SSSR count). The van der Waals surface area contributed by atoms with Crippen LogP contribution in [0.15, 0.2) is 29.2 Å². The molecule has 33 heavy (non-hydrogen) atoms. The van der Waals surface area contributed by atoms with Crippen LogP contribution in [0.1, 0.15) is 20.3 Å². The van der Waals surface area contributed by atoms with Crippen molar-refractivity contribution in [3.8, 4) is 5.75 Å². The number of alkyl halides is 3. The number of carbonyl (C=O) groups is 2. The number of hydrogen-bond acceptors (Lipinski definition) is 6. The molecule has 1 amide bonds. The lowest BCUT2D eigenvalue weighted by molar-refractivity contribution is -0.192. The van der Waals surface area contributed by atoms with Crippen molar-refractivity contribution in [1.29, 1.82) is 0 Å². The van der Waals surface area contributed by atoms with Gasteiger partial charge < -0.3 is 20.1 Å². The zero-order valence-electron chi connectivity index (χ0n) is 18.8. The first-order chi connectivity index (χ1) is 15.3. The highest BCUT2D eigenvalue weighted by Crippen LogP contribution is 2.20. The molecule has 1 saturated heterocycles. The van der Waals surface area contributed by atoms with Gasteiger partial charge in [-0.05, 0) is 36.6 Å². The second-order valence-electron chi connectivity index (χ2n) is 7.63. The van der Waals surface area contributed by atoms with E-state index in [2.05, 4.69) is 5.32 Å². The number of carboxylic acids is 1. The molecule has 0 bridgehead atoms. The lowest BCUT2D eigenvalue weighted by Gasteiger charge is -2.30. The molecule has 0 saturated carbocycles. The van der Waals surface area contributed by atoms with E-state index in [-0.39, 0.29) is 17.3 Å². The molecular weight excluding hydrogens is 467 g/mol. The SMILES string of the molecule is COc1ccc(S(=O)(=O)N(CCC(C)C)CC(=O)N2CCNCC2)cc1.O=C(O)C(F)(F)F. The lowest BCUT2D eigenvalue weighted by Crippen LogP contribution is -2.50. The zero-order chi connectivity index (χ0) is 25.2. The van der Waals surface area contributed by atoms with Gasteiger partial charge in [-0.3, -0.25) is 4.79 Å². The first-order valence-corrected chi connectivity index (χ1v) is 11.7. The van der Waals surface area contributed by atoms with E-state index in [1.165, 1.54) is 23.5 Å². The molecule has 0 radical (unpaired) electrons. The molecule has 0 spiro atoms. The second-order valence-corrected chi connectivity index (χ2v) is 9.57. The van der Waals surface area contributed by atoms with Crippen molar-refractivity contribution >= 4 is 21.9 Å². The molecule has 0 unspecified atom stereocenters. The van der Waals surface area contributed by atoms with Gasteiger partial charge in [0.15, 0.2) is 0 Å². The number of carboxylic acid groups (broad SMARTS) is 1. The number of ether oxygens (including phenoxy) is 1. The summed E-state index contributed by atoms with van der Waals surface area (Å²) in [7, 11) is -2.21. The summed E-state index contributed by atoms with van der Waals surface area (Å²) >= 11 is 0. The molecule has 1 aromatic rings. The molecule has 1 aliphatic rings. The molecule has 1 aromatic carbocycles. The maximum absolute atomic E-state index is 13.1. The predicted molar refractivity (Wildman–Crippen MR) is 114 cm³/mol. The topological polar surface area (TPSA) is 116 Å². The fraction of sp³-hybridized carbons (Fsp3) is 0.600. The van der Waals surface area contributed by atoms with Crippen molar-refractivity contribution in [2.24, 2.45) is 5.92 Å². The molecule has 1 heterocycles. The summed E-state index contributed by atoms with van der Waals surface area (Å²) in [6.45, 7) is 6.97. The maximum Gasteiger partial charge on any atom is 0.490 e. The minimum atomic E-state index is -5.08. The fourth-order valence-corrected chi connectivity index (χ4v) is 4.15. The van der Waals surface area contributed by atoms with Crippen molar-refractivity contribution < 1.29 is 41.0 Å². The third-order valence-electron chi connectivity index (χ3n) is 4.68. The van der Waals surface area contributed by atoms with Crippen LogP contribution in [0.25, 0.3) is 0 Å². The Hall–Kier alpha value is -2.38. The third kappa shape index (κ3) is 9.56. The molecule has 188 valence electrons. The molecule has 1 aliphatic heterocycles. The summed E-state index contributed by atoms with van der Waals surface area (Å²) < 4.78 is 64.3. The first-order valence-electron chi connectivity index (χ1n) is 10.2. The van der Waals surface area contributed by atoms with Crippen molar-refractivity contribution in [3.63, 3.8) is 0 Å². The van der Waals surface area contributed by atoms with Crippen molar-refractivity contribution in [2.45, 2.75) is 31.3 Å². The number of amides is 1. The predicted octanol–water partition coefficient (Wildman–Crippen LogP) is 1.80. The Morgan fingerprint density at radius 3 is 2.12 bits per heavy atom. The fourth-order valence-electron chi connectivity index (χ4n) is 2.75. The van der Waals surface area contributed by atoms with Crippen LogP contribution >= 0.6 is 0 Å². The van der Waals surface area contributed by atoms with Gasteiger partial charge in [0, 0.05) is 32.7 Å². The highest BCUT2D eigenvalue weighted by Gasteiger charge is 2.38. The van der Waals surface area contributed by atoms with Crippen LogP contribution in [0.5, 0.6) is 5.75 Å². The van der Waals surface area contributed by atoms with Crippen LogP contribution in [0.2, 0.25) is 0 Å². The smallest absolute Gasteiger partial charge is 0.490 e. The minimum absolute atomic E-state index is 0.124. The molecule has 0 aromatic heterocycles. The van der Waals surface area contributed by atoms with Gasteiger partial charge in [0.25, 0.3) is 0 Å². The van der Waals surface area contributed by atoms with E-state index in [0.29, 0.717) is 37.7 Å². The number of halogens is 3. The highest BCUT2D eigenvalue weighted by atomic mass is 32.2.